The van der Waals surface area contributed by atoms with Crippen LogP contribution in [0.5, 0.6) is 5.75 Å². The van der Waals surface area contributed by atoms with Gasteiger partial charge in [0.05, 0.1) is 48.4 Å². The van der Waals surface area contributed by atoms with Crippen LogP contribution in [0.15, 0.2) is 18.2 Å². The molecule has 1 aromatic carbocycles. The van der Waals surface area contributed by atoms with E-state index in [0.29, 0.717) is 0 Å². The molecule has 0 unspecified atom stereocenters. The van der Waals surface area contributed by atoms with E-state index in [1.165, 1.54) is 11.1 Å². The van der Waals surface area contributed by atoms with Gasteiger partial charge < -0.3 is 61.7 Å². The van der Waals surface area contributed by atoms with E-state index in [1.807, 2.05) is 0 Å². The second kappa shape index (κ2) is 9.64. The Balaban J connectivity index is 0. The van der Waals surface area contributed by atoms with E-state index in [0.717, 1.165) is 27.8 Å². The predicted octanol–water partition coefficient (Wildman–Crippen LogP) is -3.11. The van der Waals surface area contributed by atoms with Crippen molar-refractivity contribution in [2.24, 2.45) is 0 Å². The third-order valence-electron chi connectivity index (χ3n) is 2.79. The van der Waals surface area contributed by atoms with Crippen molar-refractivity contribution in [1.29, 1.82) is 0 Å². The molecule has 0 bridgehead atoms. The first-order valence-corrected chi connectivity index (χ1v) is 7.36. The average molecular weight is 534 g/mol. The van der Waals surface area contributed by atoms with E-state index in [4.69, 9.17) is 4.74 Å². The number of quaternary nitrogens is 2. The standard InChI is InChI=1S/C17H32N2O.2HI/c1-14(2)20-17-10-9-15(12-18(3,4)5)11-16(17)13-19(6,7)8;;/h9-11,14H,12-13H2,1-8H3;2*1H/q+2;;/p-2. The van der Waals surface area contributed by atoms with Crippen molar-refractivity contribution in [3.8, 4) is 5.75 Å². The molecule has 0 radical (unpaired) electrons. The van der Waals surface area contributed by atoms with Gasteiger partial charge in [0.25, 0.3) is 0 Å². The third-order valence-corrected chi connectivity index (χ3v) is 2.79. The summed E-state index contributed by atoms with van der Waals surface area (Å²) in [6.45, 7) is 6.17. The van der Waals surface area contributed by atoms with Gasteiger partial charge in [0.1, 0.15) is 18.8 Å². The van der Waals surface area contributed by atoms with Crippen LogP contribution >= 0.6 is 0 Å². The molecule has 5 heteroatoms. The summed E-state index contributed by atoms with van der Waals surface area (Å²) in [5.41, 5.74) is 2.68. The molecule has 0 aromatic heterocycles. The molecule has 0 N–H and O–H groups in total. The largest absolute Gasteiger partial charge is 1.00 e. The zero-order valence-corrected chi connectivity index (χ0v) is 19.6. The van der Waals surface area contributed by atoms with E-state index in [-0.39, 0.29) is 54.1 Å². The normalized spacial score (nSPS) is 11.7. The average Bonchev–Trinajstić information content (AvgIpc) is 2.16. The molecule has 0 saturated carbocycles. The van der Waals surface area contributed by atoms with Gasteiger partial charge >= 0.3 is 0 Å². The third kappa shape index (κ3) is 10.2. The van der Waals surface area contributed by atoms with E-state index in [1.54, 1.807) is 0 Å². The van der Waals surface area contributed by atoms with Gasteiger partial charge in [0.15, 0.2) is 0 Å². The minimum Gasteiger partial charge on any atom is -1.00 e. The molecule has 22 heavy (non-hydrogen) atoms. The monoisotopic (exact) mass is 534 g/mol. The fourth-order valence-electron chi connectivity index (χ4n) is 2.28. The Morgan fingerprint density at radius 3 is 1.77 bits per heavy atom. The van der Waals surface area contributed by atoms with Crippen molar-refractivity contribution in [2.45, 2.75) is 33.0 Å². The Bertz CT molecular complexity index is 449. The zero-order valence-electron chi connectivity index (χ0n) is 15.3. The van der Waals surface area contributed by atoms with Crippen LogP contribution in [0.1, 0.15) is 25.0 Å². The number of rotatable bonds is 6. The maximum absolute atomic E-state index is 5.96. The highest BCUT2D eigenvalue weighted by molar-refractivity contribution is 5.37. The first-order valence-electron chi connectivity index (χ1n) is 7.36. The van der Waals surface area contributed by atoms with Gasteiger partial charge in [-0.15, -0.1) is 0 Å². The molecule has 0 heterocycles. The molecule has 130 valence electrons. The minimum absolute atomic E-state index is 0. The maximum atomic E-state index is 5.96. The van der Waals surface area contributed by atoms with Crippen LogP contribution in [-0.4, -0.2) is 57.4 Å². The van der Waals surface area contributed by atoms with Gasteiger partial charge in [-0.3, -0.25) is 0 Å². The van der Waals surface area contributed by atoms with Crippen molar-refractivity contribution in [3.05, 3.63) is 29.3 Å². The summed E-state index contributed by atoms with van der Waals surface area (Å²) in [6, 6.07) is 6.64. The summed E-state index contributed by atoms with van der Waals surface area (Å²) >= 11 is 0. The van der Waals surface area contributed by atoms with Crippen LogP contribution in [0.3, 0.4) is 0 Å². The summed E-state index contributed by atoms with van der Waals surface area (Å²) < 4.78 is 7.80. The van der Waals surface area contributed by atoms with Gasteiger partial charge in [-0.2, -0.15) is 0 Å². The Morgan fingerprint density at radius 1 is 0.864 bits per heavy atom. The number of nitrogens with zero attached hydrogens (tertiary/aromatic N) is 2. The lowest BCUT2D eigenvalue weighted by Gasteiger charge is -2.27. The Kier molecular flexibility index (Phi) is 10.8. The molecule has 0 aliphatic carbocycles. The number of hydrogen-bond donors (Lipinski definition) is 0. The summed E-state index contributed by atoms with van der Waals surface area (Å²) in [5.74, 6) is 1.03. The highest BCUT2D eigenvalue weighted by Gasteiger charge is 2.17. The lowest BCUT2D eigenvalue weighted by Crippen LogP contribution is -3.00. The molecule has 3 nitrogen and oxygen atoms in total. The first kappa shape index (κ1) is 24.6. The van der Waals surface area contributed by atoms with Gasteiger partial charge in [0, 0.05) is 11.1 Å². The van der Waals surface area contributed by atoms with Crippen LogP contribution in [0.2, 0.25) is 0 Å². The molecular formula is C17H32I2N2O. The molecule has 0 amide bonds. The van der Waals surface area contributed by atoms with Crippen LogP contribution in [-0.2, 0) is 13.1 Å². The predicted molar refractivity (Wildman–Crippen MR) is 85.7 cm³/mol. The van der Waals surface area contributed by atoms with Crippen LogP contribution in [0, 0.1) is 0 Å². The summed E-state index contributed by atoms with van der Waals surface area (Å²) in [7, 11) is 13.3. The quantitative estimate of drug-likeness (QED) is 0.278. The van der Waals surface area contributed by atoms with Crippen LogP contribution in [0.4, 0.5) is 0 Å². The lowest BCUT2D eigenvalue weighted by molar-refractivity contribution is -0.884. The van der Waals surface area contributed by atoms with Crippen molar-refractivity contribution >= 4 is 0 Å². The first-order chi connectivity index (χ1) is 8.96. The summed E-state index contributed by atoms with van der Waals surface area (Å²) in [5, 5.41) is 0. The summed E-state index contributed by atoms with van der Waals surface area (Å²) in [4.78, 5) is 0. The second-order valence-corrected chi connectivity index (χ2v) is 8.01. The van der Waals surface area contributed by atoms with E-state index >= 15 is 0 Å². The van der Waals surface area contributed by atoms with E-state index in [9.17, 15) is 0 Å². The number of benzene rings is 1. The molecule has 0 aliphatic rings. The van der Waals surface area contributed by atoms with Crippen LogP contribution in [0.25, 0.3) is 0 Å². The lowest BCUT2D eigenvalue weighted by atomic mass is 10.1. The zero-order chi connectivity index (χ0) is 15.6. The van der Waals surface area contributed by atoms with Crippen molar-refractivity contribution in [1.82, 2.24) is 0 Å². The Hall–Kier alpha value is 0.400. The second-order valence-electron chi connectivity index (χ2n) is 8.01. The highest BCUT2D eigenvalue weighted by Crippen LogP contribution is 2.25. The van der Waals surface area contributed by atoms with Crippen molar-refractivity contribution in [2.75, 3.05) is 42.3 Å². The van der Waals surface area contributed by atoms with Crippen LogP contribution < -0.4 is 52.7 Å². The summed E-state index contributed by atoms with van der Waals surface area (Å²) in [6.07, 6.45) is 0.213. The van der Waals surface area contributed by atoms with E-state index in [2.05, 4.69) is 74.3 Å². The molecule has 0 aliphatic heterocycles. The van der Waals surface area contributed by atoms with Gasteiger partial charge in [-0.1, -0.05) is 0 Å². The smallest absolute Gasteiger partial charge is 0.128 e. The number of halogens is 2. The number of ether oxygens (including phenoxy) is 1. The fraction of sp³-hybridized carbons (Fsp3) is 0.647. The van der Waals surface area contributed by atoms with Gasteiger partial charge in [0.2, 0.25) is 0 Å². The molecule has 0 spiro atoms. The van der Waals surface area contributed by atoms with Gasteiger partial charge in [-0.05, 0) is 32.0 Å². The van der Waals surface area contributed by atoms with Gasteiger partial charge in [-0.25, -0.2) is 0 Å². The maximum Gasteiger partial charge on any atom is 0.128 e. The molecule has 0 atom stereocenters. The topological polar surface area (TPSA) is 9.23 Å². The molecule has 0 saturated heterocycles. The molecular weight excluding hydrogens is 502 g/mol. The van der Waals surface area contributed by atoms with Crippen molar-refractivity contribution in [3.63, 3.8) is 0 Å². The minimum atomic E-state index is 0. The Morgan fingerprint density at radius 2 is 1.36 bits per heavy atom. The van der Waals surface area contributed by atoms with Crippen molar-refractivity contribution < 1.29 is 61.7 Å². The number of hydrogen-bond acceptors (Lipinski definition) is 1. The fourth-order valence-corrected chi connectivity index (χ4v) is 2.28. The molecule has 0 fully saturated rings. The Labute approximate surface area is 171 Å². The highest BCUT2D eigenvalue weighted by atomic mass is 127. The SMILES string of the molecule is CC(C)Oc1ccc(C[N+](C)(C)C)cc1C[N+](C)(C)C.[I-].[I-]. The molecule has 1 aromatic rings. The molecule has 1 rings (SSSR count). The van der Waals surface area contributed by atoms with E-state index < -0.39 is 0 Å².